The van der Waals surface area contributed by atoms with Crippen molar-refractivity contribution >= 4 is 17.7 Å². The number of hydrogen-bond acceptors (Lipinski definition) is 6. The lowest BCUT2D eigenvalue weighted by Gasteiger charge is -2.29. The van der Waals surface area contributed by atoms with Crippen molar-refractivity contribution in [2.45, 2.75) is 32.0 Å². The van der Waals surface area contributed by atoms with Gasteiger partial charge in [-0.15, -0.1) is 0 Å². The average Bonchev–Trinajstić information content (AvgIpc) is 2.97. The van der Waals surface area contributed by atoms with Crippen molar-refractivity contribution in [3.05, 3.63) is 34.9 Å². The van der Waals surface area contributed by atoms with Gasteiger partial charge in [-0.05, 0) is 30.7 Å². The highest BCUT2D eigenvalue weighted by Gasteiger charge is 2.39. The first kappa shape index (κ1) is 19.5. The van der Waals surface area contributed by atoms with E-state index in [2.05, 4.69) is 10.2 Å². The highest BCUT2D eigenvalue weighted by atomic mass is 16.5. The molecule has 8 heteroatoms. The van der Waals surface area contributed by atoms with Crippen molar-refractivity contribution in [1.82, 2.24) is 15.1 Å². The van der Waals surface area contributed by atoms with E-state index < -0.39 is 6.04 Å². The maximum Gasteiger partial charge on any atom is 0.255 e. The Bertz CT molecular complexity index is 736. The summed E-state index contributed by atoms with van der Waals surface area (Å²) in [5.41, 5.74) is 8.08. The van der Waals surface area contributed by atoms with Crippen molar-refractivity contribution in [1.29, 1.82) is 0 Å². The lowest BCUT2D eigenvalue weighted by atomic mass is 10.0. The van der Waals surface area contributed by atoms with Gasteiger partial charge in [0.2, 0.25) is 11.8 Å². The Morgan fingerprint density at radius 2 is 2.11 bits per heavy atom. The Kier molecular flexibility index (Phi) is 6.20. The second kappa shape index (κ2) is 8.60. The smallest absolute Gasteiger partial charge is 0.255 e. The molecule has 0 radical (unpaired) electrons. The molecule has 1 saturated heterocycles. The molecule has 27 heavy (non-hydrogen) atoms. The van der Waals surface area contributed by atoms with Crippen LogP contribution in [-0.4, -0.2) is 66.9 Å². The van der Waals surface area contributed by atoms with Gasteiger partial charge in [0.05, 0.1) is 13.2 Å². The third-order valence-electron chi connectivity index (χ3n) is 5.00. The molecule has 3 rings (SSSR count). The van der Waals surface area contributed by atoms with E-state index in [1.165, 1.54) is 0 Å². The van der Waals surface area contributed by atoms with Crippen LogP contribution < -0.4 is 11.1 Å². The van der Waals surface area contributed by atoms with Crippen LogP contribution in [0.1, 0.15) is 34.3 Å². The average molecular weight is 374 g/mol. The third kappa shape index (κ3) is 4.35. The first-order valence-electron chi connectivity index (χ1n) is 9.23. The fourth-order valence-electron chi connectivity index (χ4n) is 3.57. The van der Waals surface area contributed by atoms with Crippen LogP contribution in [0, 0.1) is 0 Å². The Hall–Kier alpha value is -2.29. The van der Waals surface area contributed by atoms with Gasteiger partial charge in [-0.25, -0.2) is 0 Å². The summed E-state index contributed by atoms with van der Waals surface area (Å²) >= 11 is 0. The van der Waals surface area contributed by atoms with Crippen LogP contribution in [0.2, 0.25) is 0 Å². The molecule has 0 aromatic heterocycles. The van der Waals surface area contributed by atoms with Crippen molar-refractivity contribution in [3.8, 4) is 0 Å². The summed E-state index contributed by atoms with van der Waals surface area (Å²) in [6, 6.07) is 5.10. The maximum atomic E-state index is 12.8. The molecular weight excluding hydrogens is 348 g/mol. The van der Waals surface area contributed by atoms with E-state index >= 15 is 0 Å². The number of nitrogens with zero attached hydrogens (tertiary/aromatic N) is 2. The molecule has 0 aliphatic carbocycles. The van der Waals surface area contributed by atoms with Gasteiger partial charge >= 0.3 is 0 Å². The Morgan fingerprint density at radius 1 is 1.30 bits per heavy atom. The molecule has 1 aromatic carbocycles. The van der Waals surface area contributed by atoms with Gasteiger partial charge in [0.15, 0.2) is 0 Å². The molecule has 146 valence electrons. The van der Waals surface area contributed by atoms with Crippen LogP contribution in [0.15, 0.2) is 18.2 Å². The Morgan fingerprint density at radius 3 is 2.85 bits per heavy atom. The van der Waals surface area contributed by atoms with E-state index in [1.54, 1.807) is 11.0 Å². The molecule has 1 fully saturated rings. The van der Waals surface area contributed by atoms with Crippen LogP contribution in [-0.2, 0) is 27.4 Å². The predicted molar refractivity (Wildman–Crippen MR) is 98.7 cm³/mol. The number of benzene rings is 1. The zero-order valence-electron chi connectivity index (χ0n) is 15.6. The normalized spacial score (nSPS) is 19.6. The summed E-state index contributed by atoms with van der Waals surface area (Å²) in [4.78, 5) is 40.1. The number of amides is 3. The summed E-state index contributed by atoms with van der Waals surface area (Å²) in [6.07, 6.45) is 0.632. The Balaban J connectivity index is 1.68. The molecule has 0 saturated carbocycles. The predicted octanol–water partition coefficient (Wildman–Crippen LogP) is -0.145. The number of carbonyl (C=O) groups is 3. The minimum Gasteiger partial charge on any atom is -0.379 e. The number of nitrogens with two attached hydrogens (primary N) is 1. The molecule has 2 aliphatic heterocycles. The van der Waals surface area contributed by atoms with Gasteiger partial charge in [0.25, 0.3) is 5.91 Å². The lowest BCUT2D eigenvalue weighted by molar-refractivity contribution is -0.136. The molecule has 1 atom stereocenters. The molecule has 0 bridgehead atoms. The van der Waals surface area contributed by atoms with Gasteiger partial charge in [-0.1, -0.05) is 12.1 Å². The minimum absolute atomic E-state index is 0.143. The molecule has 1 aromatic rings. The number of ether oxygens (including phenoxy) is 1. The van der Waals surface area contributed by atoms with E-state index in [1.807, 2.05) is 19.2 Å². The number of carbonyl (C=O) groups excluding carboxylic acids is 3. The highest BCUT2D eigenvalue weighted by Crippen LogP contribution is 2.30. The van der Waals surface area contributed by atoms with Gasteiger partial charge in [-0.2, -0.15) is 0 Å². The maximum absolute atomic E-state index is 12.8. The van der Waals surface area contributed by atoms with Crippen LogP contribution in [0.25, 0.3) is 0 Å². The van der Waals surface area contributed by atoms with Gasteiger partial charge in [-0.3, -0.25) is 24.6 Å². The number of piperidine rings is 1. The van der Waals surface area contributed by atoms with Crippen molar-refractivity contribution in [2.75, 3.05) is 33.4 Å². The zero-order valence-corrected chi connectivity index (χ0v) is 15.6. The summed E-state index contributed by atoms with van der Waals surface area (Å²) in [5.74, 6) is -0.807. The fourth-order valence-corrected chi connectivity index (χ4v) is 3.57. The van der Waals surface area contributed by atoms with Crippen LogP contribution in [0.3, 0.4) is 0 Å². The SMILES string of the molecule is CN(CCOCCN)Cc1cccc2c1CN(C1CCC(=O)NC1=O)C2=O. The zero-order chi connectivity index (χ0) is 19.4. The summed E-state index contributed by atoms with van der Waals surface area (Å²) in [5, 5.41) is 2.33. The number of rotatable bonds is 8. The van der Waals surface area contributed by atoms with Gasteiger partial charge < -0.3 is 15.4 Å². The lowest BCUT2D eigenvalue weighted by Crippen LogP contribution is -2.52. The number of likely N-dealkylation sites (N-methyl/N-ethyl adjacent to an activating group) is 1. The van der Waals surface area contributed by atoms with E-state index in [4.69, 9.17) is 10.5 Å². The molecular formula is C19H26N4O4. The van der Waals surface area contributed by atoms with Gasteiger partial charge in [0.1, 0.15) is 6.04 Å². The second-order valence-corrected chi connectivity index (χ2v) is 6.98. The monoisotopic (exact) mass is 374 g/mol. The van der Waals surface area contributed by atoms with E-state index in [0.717, 1.165) is 17.7 Å². The third-order valence-corrected chi connectivity index (χ3v) is 5.00. The van der Waals surface area contributed by atoms with E-state index in [0.29, 0.717) is 44.8 Å². The molecule has 0 spiro atoms. The Labute approximate surface area is 158 Å². The number of fused-ring (bicyclic) bond motifs is 1. The fraction of sp³-hybridized carbons (Fsp3) is 0.526. The number of nitrogens with one attached hydrogen (secondary N) is 1. The number of imide groups is 1. The van der Waals surface area contributed by atoms with Crippen molar-refractivity contribution in [2.24, 2.45) is 5.73 Å². The molecule has 8 nitrogen and oxygen atoms in total. The first-order chi connectivity index (χ1) is 13.0. The van der Waals surface area contributed by atoms with E-state index in [-0.39, 0.29) is 24.1 Å². The standard InChI is InChI=1S/C19H26N4O4/c1-22(8-10-27-9-7-20)11-13-3-2-4-14-15(13)12-23(19(14)26)16-5-6-17(24)21-18(16)25/h2-4,16H,5-12,20H2,1H3,(H,21,24,25). The van der Waals surface area contributed by atoms with Crippen molar-refractivity contribution in [3.63, 3.8) is 0 Å². The quantitative estimate of drug-likeness (QED) is 0.485. The summed E-state index contributed by atoms with van der Waals surface area (Å²) < 4.78 is 5.42. The van der Waals surface area contributed by atoms with Crippen LogP contribution >= 0.6 is 0 Å². The summed E-state index contributed by atoms with van der Waals surface area (Å²) in [7, 11) is 2.00. The van der Waals surface area contributed by atoms with E-state index in [9.17, 15) is 14.4 Å². The van der Waals surface area contributed by atoms with Crippen molar-refractivity contribution < 1.29 is 19.1 Å². The highest BCUT2D eigenvalue weighted by molar-refractivity contribution is 6.05. The largest absolute Gasteiger partial charge is 0.379 e. The minimum atomic E-state index is -0.585. The molecule has 2 heterocycles. The van der Waals surface area contributed by atoms with Crippen LogP contribution in [0.4, 0.5) is 0 Å². The summed E-state index contributed by atoms with van der Waals surface area (Å²) in [6.45, 7) is 3.50. The van der Waals surface area contributed by atoms with Crippen LogP contribution in [0.5, 0.6) is 0 Å². The molecule has 1 unspecified atom stereocenters. The molecule has 3 amide bonds. The first-order valence-corrected chi connectivity index (χ1v) is 9.23. The molecule has 2 aliphatic rings. The molecule has 3 N–H and O–H groups in total. The topological polar surface area (TPSA) is 105 Å². The van der Waals surface area contributed by atoms with Gasteiger partial charge in [0, 0.05) is 38.2 Å². The second-order valence-electron chi connectivity index (χ2n) is 6.98. The number of hydrogen-bond donors (Lipinski definition) is 2.